The Hall–Kier alpha value is -14.3. The normalized spacial score (nSPS) is 24.4. The zero-order valence-corrected chi connectivity index (χ0v) is 78.8. The maximum atomic E-state index is 15.8. The predicted octanol–water partition coefficient (Wildman–Crippen LogP) is -3.81. The summed E-state index contributed by atoms with van der Waals surface area (Å²) in [6.45, 7) is 2.24. The number of carboxylic acids is 1. The number of ether oxygens (including phenoxy) is 1. The molecule has 6 aromatic rings. The predicted molar refractivity (Wildman–Crippen MR) is 502 cm³/mol. The van der Waals surface area contributed by atoms with E-state index in [1.54, 1.807) is 85.2 Å². The number of methoxy groups -OCH3 is 1. The fourth-order valence-electron chi connectivity index (χ4n) is 16.8. The van der Waals surface area contributed by atoms with E-state index in [-0.39, 0.29) is 76.6 Å². The molecule has 9 rings (SSSR count). The van der Waals surface area contributed by atoms with Gasteiger partial charge < -0.3 is 135 Å². The van der Waals surface area contributed by atoms with Gasteiger partial charge in [0.15, 0.2) is 5.96 Å². The topological polar surface area (TPSA) is 688 Å². The Balaban J connectivity index is 1.11. The number of aliphatic hydroxyl groups is 2. The van der Waals surface area contributed by atoms with E-state index in [2.05, 4.69) is 78.4 Å². The number of carbonyl (C=O) groups is 18. The summed E-state index contributed by atoms with van der Waals surface area (Å²) in [5.41, 5.74) is 19.6. The summed E-state index contributed by atoms with van der Waals surface area (Å²) >= 11 is 0.764. The number of carboxylic acid groups (broad SMARTS) is 1. The summed E-state index contributed by atoms with van der Waals surface area (Å²) in [6, 6.07) is -2.62. The van der Waals surface area contributed by atoms with Crippen LogP contribution in [-0.2, 0) is 112 Å². The van der Waals surface area contributed by atoms with Gasteiger partial charge in [-0.05, 0) is 92.8 Å². The lowest BCUT2D eigenvalue weighted by molar-refractivity contribution is -0.149. The van der Waals surface area contributed by atoms with E-state index in [0.29, 0.717) is 69.9 Å². The van der Waals surface area contributed by atoms with Crippen molar-refractivity contribution in [3.8, 4) is 5.75 Å². The first kappa shape index (κ1) is 107. The third-order valence-corrected chi connectivity index (χ3v) is 25.5. The van der Waals surface area contributed by atoms with Crippen molar-refractivity contribution in [1.82, 2.24) is 103 Å². The number of amides is 17. The van der Waals surface area contributed by atoms with Crippen molar-refractivity contribution in [1.29, 1.82) is 5.41 Å². The summed E-state index contributed by atoms with van der Waals surface area (Å²) in [7, 11) is 5.29. The number of thioether (sulfide) groups is 1. The third kappa shape index (κ3) is 29.9. The van der Waals surface area contributed by atoms with E-state index >= 15 is 38.4 Å². The zero-order chi connectivity index (χ0) is 101. The van der Waals surface area contributed by atoms with Crippen molar-refractivity contribution in [2.45, 2.75) is 227 Å². The standard InChI is InChI=1S/C91H126N24O22S/c1-8-10-23-69-83(129)103-60(22-16-32-97-91(94)95)79(125)110-68(78(124)100-43-74(93)119)46-138-47-75(120)102-64(34-50-26-28-55(137-7)29-27-50)86(132)111(4)49(3)77(123)107-66(39-73(92)118)89(135)114-33-17-25-70(114)84(130)106-63(37-53-42-96-48-101-53)81(127)104-61(30-31-76(121)122)88(134)115-44-54(117)38-72(115)85(131)105-62(35-51-40-98-58-20-14-12-18-56(51)58)80(126)109-67(45-116)82(128)108-65(36-52-41-99-59-21-15-13-19-57(52)59)87(133)113(6)71(24-11-9-2)90(136)112(69)5/h12-15,18-21,26-29,40-42,48-49,54,60-72,98-99,116-117H,8-11,16-17,22-25,30-39,43-47H2,1-7H3,(H2,92,118)(H2,93,119)(H,96,101)(H,100,124)(H,102,120)(H,103,129)(H,104,127)(H,105,131)(H,106,130)(H,107,123)(H,108,128)(H,109,126)(H,110,125)(H,121,122)(H4,94,95,97)/t49-,54+,60-,61-,62-,63-,64-,65-,66-,67-,68-,69-,70-,71-,72-/m0/s1. The summed E-state index contributed by atoms with van der Waals surface area (Å²) in [4.78, 5) is 281. The molecule has 3 aliphatic heterocycles. The highest BCUT2D eigenvalue weighted by molar-refractivity contribution is 8.00. The number of imidazole rings is 1. The number of nitrogens with one attached hydrogen (secondary N) is 15. The van der Waals surface area contributed by atoms with Crippen LogP contribution in [0.3, 0.4) is 0 Å². The first-order chi connectivity index (χ1) is 65.8. The minimum atomic E-state index is -1.94. The molecule has 0 spiro atoms. The van der Waals surface area contributed by atoms with Gasteiger partial charge in [-0.3, -0.25) is 91.7 Å². The Morgan fingerprint density at radius 1 is 0.551 bits per heavy atom. The summed E-state index contributed by atoms with van der Waals surface area (Å²) in [6.07, 6.45) is 1.48. The highest BCUT2D eigenvalue weighted by Gasteiger charge is 2.47. The van der Waals surface area contributed by atoms with Crippen molar-refractivity contribution in [3.05, 3.63) is 120 Å². The number of hydrogen-bond donors (Lipinski definition) is 21. The number of likely N-dealkylation sites (N-methyl/N-ethyl adjacent to an activating group) is 3. The molecular formula is C91H126N24O22S. The number of aromatic nitrogens is 4. The number of guanidine groups is 1. The number of primary amides is 2. The molecule has 0 unspecified atom stereocenters. The number of aliphatic carboxylic acids is 1. The number of nitrogens with two attached hydrogens (primary N) is 3. The average molecular weight is 1940 g/mol. The van der Waals surface area contributed by atoms with E-state index in [0.717, 1.165) is 36.3 Å². The number of fused-ring (bicyclic) bond motifs is 4. The minimum absolute atomic E-state index is 0.0211. The second kappa shape index (κ2) is 51.6. The molecule has 17 amide bonds. The van der Waals surface area contributed by atoms with Gasteiger partial charge in [0.25, 0.3) is 0 Å². The highest BCUT2D eigenvalue weighted by atomic mass is 32.2. The Morgan fingerprint density at radius 3 is 1.69 bits per heavy atom. The number of hydrogen-bond acceptors (Lipinski definition) is 24. The molecule has 748 valence electrons. The smallest absolute Gasteiger partial charge is 0.303 e. The van der Waals surface area contributed by atoms with Crippen molar-refractivity contribution < 1.29 is 106 Å². The fraction of sp³-hybridized carbons (Fsp3) is 0.516. The molecule has 0 aliphatic carbocycles. The highest BCUT2D eigenvalue weighted by Crippen LogP contribution is 2.28. The molecule has 0 saturated carbocycles. The SMILES string of the molecule is CCCC[C@H]1C(=O)N(C)[C@@H](CCCC)C(=O)N[C@@H](CCCNC(=N)N)C(=O)N[C@H](C(=O)NCC(N)=O)CSCC(=O)N[C@@H](Cc2ccc(OC)cc2)C(=O)N(C)[C@@H](C)C(=O)N[C@@H](CC(N)=O)C(=O)N2CCC[C@H]2C(=O)N[C@@H](Cc2cnc[nH]2)C(=O)N[C@@H](CCC(=O)O)C(=O)N2C[C@H](O)C[C@H]2C(=O)N[C@@H](Cc2c[nH]c3ccccc23)C(=O)N[C@@H](CO)C(=O)N[C@@H](Cc2c[nH]c3ccccc23)C(=O)N1C. The van der Waals surface area contributed by atoms with Gasteiger partial charge in [-0.2, -0.15) is 0 Å². The average Bonchev–Trinajstić information content (AvgIpc) is 1.63. The van der Waals surface area contributed by atoms with Gasteiger partial charge in [0.2, 0.25) is 100 Å². The zero-order valence-electron chi connectivity index (χ0n) is 78.0. The first-order valence-electron chi connectivity index (χ1n) is 45.7. The van der Waals surface area contributed by atoms with Gasteiger partial charge in [-0.25, -0.2) is 4.98 Å². The quantitative estimate of drug-likeness (QED) is 0.0127. The monoisotopic (exact) mass is 1940 g/mol. The van der Waals surface area contributed by atoms with E-state index in [9.17, 15) is 63.3 Å². The number of H-pyrrole nitrogens is 3. The van der Waals surface area contributed by atoms with E-state index in [1.807, 2.05) is 13.8 Å². The number of benzene rings is 3. The molecule has 6 heterocycles. The number of aliphatic hydroxyl groups excluding tert-OH is 2. The second-order valence-electron chi connectivity index (χ2n) is 34.5. The Morgan fingerprint density at radius 2 is 1.09 bits per heavy atom. The van der Waals surface area contributed by atoms with Crippen LogP contribution in [0.25, 0.3) is 21.8 Å². The summed E-state index contributed by atoms with van der Waals surface area (Å²) in [5.74, 6) is -19.4. The van der Waals surface area contributed by atoms with Crippen molar-refractivity contribution in [2.24, 2.45) is 17.2 Å². The molecule has 0 bridgehead atoms. The van der Waals surface area contributed by atoms with E-state index < -0.39 is 266 Å². The molecule has 46 nitrogen and oxygen atoms in total. The number of aromatic amines is 3. The van der Waals surface area contributed by atoms with Crippen LogP contribution in [0.5, 0.6) is 5.75 Å². The lowest BCUT2D eigenvalue weighted by atomic mass is 10.00. The number of unbranched alkanes of at least 4 members (excludes halogenated alkanes) is 2. The van der Waals surface area contributed by atoms with Crippen LogP contribution >= 0.6 is 11.8 Å². The molecule has 138 heavy (non-hydrogen) atoms. The maximum absolute atomic E-state index is 15.8. The van der Waals surface area contributed by atoms with Crippen LogP contribution in [0.4, 0.5) is 0 Å². The molecule has 3 aliphatic rings. The molecule has 3 fully saturated rings. The molecule has 24 N–H and O–H groups in total. The first-order valence-corrected chi connectivity index (χ1v) is 46.8. The molecule has 3 saturated heterocycles. The lowest BCUT2D eigenvalue weighted by Crippen LogP contribution is -2.62. The summed E-state index contributed by atoms with van der Waals surface area (Å²) in [5, 5.41) is 70.4. The third-order valence-electron chi connectivity index (χ3n) is 24.5. The number of para-hydroxylation sites is 2. The van der Waals surface area contributed by atoms with Crippen molar-refractivity contribution >= 4 is 146 Å². The summed E-state index contributed by atoms with van der Waals surface area (Å²) < 4.78 is 5.34. The van der Waals surface area contributed by atoms with E-state index in [4.69, 9.17) is 27.3 Å². The van der Waals surface area contributed by atoms with E-state index in [1.165, 1.54) is 47.7 Å². The van der Waals surface area contributed by atoms with Gasteiger partial charge >= 0.3 is 5.97 Å². The van der Waals surface area contributed by atoms with Crippen LogP contribution in [0.15, 0.2) is 97.7 Å². The van der Waals surface area contributed by atoms with Gasteiger partial charge in [-0.15, -0.1) is 11.8 Å². The van der Waals surface area contributed by atoms with Crippen LogP contribution in [0.2, 0.25) is 0 Å². The van der Waals surface area contributed by atoms with Gasteiger partial charge in [0.1, 0.15) is 90.3 Å². The Bertz CT molecular complexity index is 5350. The van der Waals surface area contributed by atoms with Crippen molar-refractivity contribution in [3.63, 3.8) is 0 Å². The Kier molecular flexibility index (Phi) is 40.2. The second-order valence-corrected chi connectivity index (χ2v) is 35.5. The lowest BCUT2D eigenvalue weighted by Gasteiger charge is -2.36. The molecular weight excluding hydrogens is 1810 g/mol. The largest absolute Gasteiger partial charge is 0.497 e. The van der Waals surface area contributed by atoms with Crippen LogP contribution in [0, 0.1) is 5.41 Å². The maximum Gasteiger partial charge on any atom is 0.303 e. The molecule has 47 heteroatoms. The molecule has 15 atom stereocenters. The van der Waals surface area contributed by atoms with Crippen LogP contribution < -0.4 is 80.4 Å². The van der Waals surface area contributed by atoms with Gasteiger partial charge in [-0.1, -0.05) is 88.1 Å². The van der Waals surface area contributed by atoms with Gasteiger partial charge in [0, 0.05) is 131 Å². The molecule has 3 aromatic carbocycles. The number of rotatable bonds is 28. The Labute approximate surface area is 799 Å². The number of carbonyl (C=O) groups excluding carboxylic acids is 17. The minimum Gasteiger partial charge on any atom is -0.497 e. The van der Waals surface area contributed by atoms with Gasteiger partial charge in [0.05, 0.1) is 44.9 Å². The number of nitrogens with zero attached hydrogens (tertiary/aromatic N) is 6. The molecule has 3 aromatic heterocycles. The fourth-order valence-corrected chi connectivity index (χ4v) is 17.6. The van der Waals surface area contributed by atoms with Crippen LogP contribution in [-0.4, -0.2) is 335 Å². The van der Waals surface area contributed by atoms with Crippen LogP contribution in [0.1, 0.15) is 133 Å². The molecule has 0 radical (unpaired) electrons. The van der Waals surface area contributed by atoms with Crippen molar-refractivity contribution in [2.75, 3.05) is 72.5 Å².